The minimum atomic E-state index is -0.607. The van der Waals surface area contributed by atoms with Crippen molar-refractivity contribution in [2.75, 3.05) is 11.9 Å². The number of halogens is 1. The van der Waals surface area contributed by atoms with Crippen molar-refractivity contribution in [3.8, 4) is 11.1 Å². The molecule has 0 aliphatic heterocycles. The number of benzene rings is 2. The van der Waals surface area contributed by atoms with Crippen molar-refractivity contribution in [2.45, 2.75) is 19.4 Å². The fraction of sp³-hybridized carbons (Fsp3) is 0.192. The molecule has 7 heteroatoms. The largest absolute Gasteiger partial charge is 0.309 e. The van der Waals surface area contributed by atoms with Gasteiger partial charge in [-0.15, -0.1) is 0 Å². The molecule has 168 valence electrons. The summed E-state index contributed by atoms with van der Waals surface area (Å²) in [6.45, 7) is 2.69. The van der Waals surface area contributed by atoms with Crippen LogP contribution in [0.25, 0.3) is 11.1 Å². The molecule has 2 heterocycles. The van der Waals surface area contributed by atoms with Crippen LogP contribution in [0.1, 0.15) is 22.7 Å². The van der Waals surface area contributed by atoms with Crippen LogP contribution in [0, 0.1) is 6.92 Å². The van der Waals surface area contributed by atoms with Gasteiger partial charge in [0.25, 0.3) is 0 Å². The Hall–Kier alpha value is -3.48. The Morgan fingerprint density at radius 1 is 1.03 bits per heavy atom. The van der Waals surface area contributed by atoms with Crippen LogP contribution in [0.4, 0.5) is 5.82 Å². The van der Waals surface area contributed by atoms with E-state index in [0.29, 0.717) is 17.4 Å². The fourth-order valence-electron chi connectivity index (χ4n) is 3.58. The molecule has 0 fully saturated rings. The number of hydrogen-bond acceptors (Lipinski definition) is 4. The van der Waals surface area contributed by atoms with Gasteiger partial charge in [-0.25, -0.2) is 4.98 Å². The number of nitrogens with zero attached hydrogens (tertiary/aromatic N) is 3. The number of pyridine rings is 1. The van der Waals surface area contributed by atoms with Crippen LogP contribution in [0.3, 0.4) is 0 Å². The van der Waals surface area contributed by atoms with Gasteiger partial charge < -0.3 is 10.6 Å². The van der Waals surface area contributed by atoms with Gasteiger partial charge in [-0.3, -0.25) is 9.48 Å². The Labute approximate surface area is 198 Å². The van der Waals surface area contributed by atoms with Crippen molar-refractivity contribution in [2.24, 2.45) is 7.05 Å². The van der Waals surface area contributed by atoms with Crippen molar-refractivity contribution < 1.29 is 4.79 Å². The number of carbonyl (C=O) groups excluding carboxylic acids is 1. The Balaban J connectivity index is 1.46. The van der Waals surface area contributed by atoms with Crippen LogP contribution in [-0.4, -0.2) is 27.2 Å². The molecular weight excluding hydrogens is 434 g/mol. The van der Waals surface area contributed by atoms with Crippen LogP contribution in [0.2, 0.25) is 5.02 Å². The quantitative estimate of drug-likeness (QED) is 0.391. The molecule has 2 aromatic carbocycles. The Bertz CT molecular complexity index is 1220. The van der Waals surface area contributed by atoms with Crippen LogP contribution in [-0.2, 0) is 18.3 Å². The summed E-state index contributed by atoms with van der Waals surface area (Å²) in [7, 11) is 1.87. The number of anilines is 1. The molecule has 6 nitrogen and oxygen atoms in total. The molecule has 4 aromatic rings. The second-order valence-corrected chi connectivity index (χ2v) is 8.38. The van der Waals surface area contributed by atoms with E-state index in [4.69, 9.17) is 11.6 Å². The van der Waals surface area contributed by atoms with E-state index in [-0.39, 0.29) is 5.91 Å². The first kappa shape index (κ1) is 22.7. The highest BCUT2D eigenvalue weighted by molar-refractivity contribution is 6.31. The van der Waals surface area contributed by atoms with Crippen molar-refractivity contribution in [1.82, 2.24) is 20.1 Å². The maximum atomic E-state index is 13.2. The summed E-state index contributed by atoms with van der Waals surface area (Å²) < 4.78 is 1.74. The van der Waals surface area contributed by atoms with Crippen molar-refractivity contribution >= 4 is 23.3 Å². The Morgan fingerprint density at radius 2 is 1.82 bits per heavy atom. The first-order valence-corrected chi connectivity index (χ1v) is 11.2. The van der Waals surface area contributed by atoms with Crippen LogP contribution in [0.15, 0.2) is 79.3 Å². The molecule has 4 rings (SSSR count). The zero-order valence-electron chi connectivity index (χ0n) is 18.6. The summed E-state index contributed by atoms with van der Waals surface area (Å²) >= 11 is 6.43. The lowest BCUT2D eigenvalue weighted by Crippen LogP contribution is -2.34. The van der Waals surface area contributed by atoms with Gasteiger partial charge in [-0.1, -0.05) is 59.6 Å². The van der Waals surface area contributed by atoms with E-state index in [2.05, 4.69) is 51.9 Å². The summed E-state index contributed by atoms with van der Waals surface area (Å²) in [5.74, 6) is 0.263. The molecule has 0 unspecified atom stereocenters. The average Bonchev–Trinajstić information content (AvgIpc) is 3.25. The molecule has 1 atom stereocenters. The zero-order valence-corrected chi connectivity index (χ0v) is 19.4. The molecule has 0 saturated carbocycles. The van der Waals surface area contributed by atoms with E-state index >= 15 is 0 Å². The van der Waals surface area contributed by atoms with E-state index in [1.165, 1.54) is 11.1 Å². The van der Waals surface area contributed by atoms with E-state index in [9.17, 15) is 4.79 Å². The monoisotopic (exact) mass is 459 g/mol. The predicted octanol–water partition coefficient (Wildman–Crippen LogP) is 4.96. The van der Waals surface area contributed by atoms with E-state index in [1.807, 2.05) is 37.5 Å². The minimum absolute atomic E-state index is 0.214. The van der Waals surface area contributed by atoms with Crippen LogP contribution < -0.4 is 10.6 Å². The molecule has 33 heavy (non-hydrogen) atoms. The second kappa shape index (κ2) is 10.4. The van der Waals surface area contributed by atoms with Gasteiger partial charge in [-0.05, 0) is 42.7 Å². The topological polar surface area (TPSA) is 71.8 Å². The van der Waals surface area contributed by atoms with Gasteiger partial charge in [0.2, 0.25) is 5.91 Å². The van der Waals surface area contributed by atoms with Gasteiger partial charge >= 0.3 is 0 Å². The molecule has 0 bridgehead atoms. The average molecular weight is 460 g/mol. The predicted molar refractivity (Wildman–Crippen MR) is 132 cm³/mol. The van der Waals surface area contributed by atoms with Gasteiger partial charge in [0.05, 0.1) is 6.20 Å². The van der Waals surface area contributed by atoms with Gasteiger partial charge in [0, 0.05) is 42.1 Å². The molecular formula is C26H26ClN5O. The summed E-state index contributed by atoms with van der Waals surface area (Å²) in [6.07, 6.45) is 6.22. The normalized spacial score (nSPS) is 11.8. The minimum Gasteiger partial charge on any atom is -0.309 e. The highest BCUT2D eigenvalue weighted by Crippen LogP contribution is 2.25. The summed E-state index contributed by atoms with van der Waals surface area (Å²) in [5.41, 5.74) is 5.06. The van der Waals surface area contributed by atoms with Crippen LogP contribution in [0.5, 0.6) is 0 Å². The highest BCUT2D eigenvalue weighted by atomic mass is 35.5. The maximum absolute atomic E-state index is 13.2. The lowest BCUT2D eigenvalue weighted by atomic mass is 10.0. The lowest BCUT2D eigenvalue weighted by Gasteiger charge is -2.20. The lowest BCUT2D eigenvalue weighted by molar-refractivity contribution is -0.118. The summed E-state index contributed by atoms with van der Waals surface area (Å²) in [6, 6.07) is 18.9. The SMILES string of the molecule is Cc1ccc(CCN[C@H](C(=O)Nc2ccc(-c3cnn(C)c3)cn2)c2ccccc2Cl)cc1. The highest BCUT2D eigenvalue weighted by Gasteiger charge is 2.22. The summed E-state index contributed by atoms with van der Waals surface area (Å²) in [5, 5.41) is 11.0. The molecule has 2 aromatic heterocycles. The third-order valence-corrected chi connectivity index (χ3v) is 5.76. The van der Waals surface area contributed by atoms with Crippen LogP contribution >= 0.6 is 11.6 Å². The number of nitrogens with one attached hydrogen (secondary N) is 2. The number of amides is 1. The van der Waals surface area contributed by atoms with E-state index in [1.54, 1.807) is 29.2 Å². The third kappa shape index (κ3) is 5.86. The molecule has 0 radical (unpaired) electrons. The zero-order chi connectivity index (χ0) is 23.2. The first-order valence-electron chi connectivity index (χ1n) is 10.8. The Kier molecular flexibility index (Phi) is 7.17. The molecule has 1 amide bonds. The summed E-state index contributed by atoms with van der Waals surface area (Å²) in [4.78, 5) is 17.6. The second-order valence-electron chi connectivity index (χ2n) is 7.97. The number of aryl methyl sites for hydroxylation is 2. The standard InChI is InChI=1S/C26H26ClN5O/c1-18-7-9-19(10-8-18)13-14-28-25(22-5-3-4-6-23(22)27)26(33)31-24-12-11-20(15-29-24)21-16-30-32(2)17-21/h3-12,15-17,25,28H,13-14H2,1-2H3,(H,29,31,33)/t25-/m0/s1. The Morgan fingerprint density at radius 3 is 2.48 bits per heavy atom. The van der Waals surface area contributed by atoms with Gasteiger partial charge in [0.1, 0.15) is 11.9 Å². The van der Waals surface area contributed by atoms with Gasteiger partial charge in [-0.2, -0.15) is 5.10 Å². The molecule has 0 aliphatic carbocycles. The molecule has 0 saturated heterocycles. The fourth-order valence-corrected chi connectivity index (χ4v) is 3.82. The van der Waals surface area contributed by atoms with Gasteiger partial charge in [0.15, 0.2) is 0 Å². The molecule has 0 aliphatic rings. The molecule has 2 N–H and O–H groups in total. The van der Waals surface area contributed by atoms with E-state index in [0.717, 1.165) is 23.1 Å². The van der Waals surface area contributed by atoms with E-state index < -0.39 is 6.04 Å². The first-order chi connectivity index (χ1) is 16.0. The third-order valence-electron chi connectivity index (χ3n) is 5.41. The molecule has 0 spiro atoms. The number of rotatable bonds is 8. The number of carbonyl (C=O) groups is 1. The smallest absolute Gasteiger partial charge is 0.247 e. The number of hydrogen-bond donors (Lipinski definition) is 2. The number of aromatic nitrogens is 3. The van der Waals surface area contributed by atoms with Crippen molar-refractivity contribution in [3.05, 3.63) is 101 Å². The maximum Gasteiger partial charge on any atom is 0.247 e. The van der Waals surface area contributed by atoms with Crippen molar-refractivity contribution in [1.29, 1.82) is 0 Å². The van der Waals surface area contributed by atoms with Crippen molar-refractivity contribution in [3.63, 3.8) is 0 Å².